The topological polar surface area (TPSA) is 69.2 Å². The minimum Gasteiger partial charge on any atom is -0.370 e. The summed E-state index contributed by atoms with van der Waals surface area (Å²) in [6.07, 6.45) is 0.0456. The van der Waals surface area contributed by atoms with Gasteiger partial charge in [0.2, 0.25) is 5.91 Å². The van der Waals surface area contributed by atoms with E-state index in [1.165, 1.54) is 16.7 Å². The molecule has 2 aliphatic rings. The zero-order chi connectivity index (χ0) is 23.2. The molecule has 0 aliphatic carbocycles. The number of aryl methyl sites for hydroxylation is 2. The summed E-state index contributed by atoms with van der Waals surface area (Å²) in [5, 5.41) is 6.32. The molecular formula is C26H35N5O2. The molecule has 33 heavy (non-hydrogen) atoms. The molecule has 7 nitrogen and oxygen atoms in total. The van der Waals surface area contributed by atoms with Crippen LogP contribution in [0.2, 0.25) is 0 Å². The highest BCUT2D eigenvalue weighted by Crippen LogP contribution is 2.26. The first-order chi connectivity index (χ1) is 16.0. The van der Waals surface area contributed by atoms with Gasteiger partial charge in [-0.3, -0.25) is 4.79 Å². The average molecular weight is 450 g/mol. The quantitative estimate of drug-likeness (QED) is 0.543. The van der Waals surface area contributed by atoms with Crippen LogP contribution in [0, 0.1) is 13.8 Å². The van der Waals surface area contributed by atoms with Gasteiger partial charge >= 0.3 is 0 Å². The monoisotopic (exact) mass is 449 g/mol. The van der Waals surface area contributed by atoms with E-state index in [2.05, 4.69) is 83.7 Å². The molecule has 0 bridgehead atoms. The first-order valence-electron chi connectivity index (χ1n) is 11.9. The Balaban J connectivity index is 1.43. The van der Waals surface area contributed by atoms with E-state index in [9.17, 15) is 4.79 Å². The van der Waals surface area contributed by atoms with Crippen LogP contribution in [0.3, 0.4) is 0 Å². The molecule has 0 spiro atoms. The SMILES string of the molecule is CCNC(=NCc1ccc(N2CCNC(=O)C2)cc1)N1CCOC(c2ccc(C)cc2C)C1. The van der Waals surface area contributed by atoms with Crippen molar-refractivity contribution in [3.63, 3.8) is 0 Å². The van der Waals surface area contributed by atoms with Crippen molar-refractivity contribution in [2.24, 2.45) is 4.99 Å². The Morgan fingerprint density at radius 1 is 1.18 bits per heavy atom. The standard InChI is InChI=1S/C26H35N5O2/c1-4-27-26(31-13-14-33-24(17-31)23-10-5-19(2)15-20(23)3)29-16-21-6-8-22(9-7-21)30-12-11-28-25(32)18-30/h5-10,15,24H,4,11-14,16-18H2,1-3H3,(H,27,29)(H,28,32). The molecule has 176 valence electrons. The molecule has 2 heterocycles. The number of morpholine rings is 1. The van der Waals surface area contributed by atoms with Gasteiger partial charge in [0.05, 0.1) is 26.2 Å². The first-order valence-corrected chi connectivity index (χ1v) is 11.9. The van der Waals surface area contributed by atoms with Crippen LogP contribution < -0.4 is 15.5 Å². The van der Waals surface area contributed by atoms with Crippen molar-refractivity contribution in [3.05, 3.63) is 64.7 Å². The largest absolute Gasteiger partial charge is 0.370 e. The third-order valence-corrected chi connectivity index (χ3v) is 6.22. The summed E-state index contributed by atoms with van der Waals surface area (Å²) in [6, 6.07) is 14.9. The van der Waals surface area contributed by atoms with E-state index in [1.807, 2.05) is 0 Å². The van der Waals surface area contributed by atoms with Crippen LogP contribution in [-0.4, -0.2) is 62.6 Å². The summed E-state index contributed by atoms with van der Waals surface area (Å²) < 4.78 is 6.13. The number of benzene rings is 2. The number of ether oxygens (including phenoxy) is 1. The number of nitrogens with zero attached hydrogens (tertiary/aromatic N) is 3. The fraction of sp³-hybridized carbons (Fsp3) is 0.462. The molecule has 0 radical (unpaired) electrons. The number of anilines is 1. The van der Waals surface area contributed by atoms with Crippen molar-refractivity contribution in [1.82, 2.24) is 15.5 Å². The van der Waals surface area contributed by atoms with E-state index in [0.717, 1.165) is 43.4 Å². The third-order valence-electron chi connectivity index (χ3n) is 6.22. The van der Waals surface area contributed by atoms with Crippen LogP contribution in [0.4, 0.5) is 5.69 Å². The van der Waals surface area contributed by atoms with Crippen LogP contribution in [0.5, 0.6) is 0 Å². The molecule has 0 saturated carbocycles. The maximum Gasteiger partial charge on any atom is 0.239 e. The summed E-state index contributed by atoms with van der Waals surface area (Å²) in [7, 11) is 0. The van der Waals surface area contributed by atoms with E-state index in [1.54, 1.807) is 0 Å². The van der Waals surface area contributed by atoms with Crippen LogP contribution >= 0.6 is 0 Å². The molecule has 4 rings (SSSR count). The van der Waals surface area contributed by atoms with E-state index in [0.29, 0.717) is 26.2 Å². The van der Waals surface area contributed by atoms with E-state index < -0.39 is 0 Å². The van der Waals surface area contributed by atoms with Crippen molar-refractivity contribution in [1.29, 1.82) is 0 Å². The van der Waals surface area contributed by atoms with E-state index >= 15 is 0 Å². The second-order valence-electron chi connectivity index (χ2n) is 8.77. The van der Waals surface area contributed by atoms with Crippen LogP contribution in [-0.2, 0) is 16.1 Å². The van der Waals surface area contributed by atoms with Gasteiger partial charge in [0.25, 0.3) is 0 Å². The molecule has 2 aromatic carbocycles. The van der Waals surface area contributed by atoms with Gasteiger partial charge in [-0.25, -0.2) is 4.99 Å². The summed E-state index contributed by atoms with van der Waals surface area (Å²) in [4.78, 5) is 21.0. The Labute approximate surface area is 196 Å². The van der Waals surface area contributed by atoms with Crippen LogP contribution in [0.15, 0.2) is 47.5 Å². The highest BCUT2D eigenvalue weighted by molar-refractivity contribution is 5.82. The second-order valence-corrected chi connectivity index (χ2v) is 8.77. The van der Waals surface area contributed by atoms with Crippen LogP contribution in [0.25, 0.3) is 0 Å². The van der Waals surface area contributed by atoms with Crippen molar-refractivity contribution in [2.45, 2.75) is 33.4 Å². The maximum absolute atomic E-state index is 11.7. The Morgan fingerprint density at radius 3 is 2.73 bits per heavy atom. The smallest absolute Gasteiger partial charge is 0.239 e. The molecule has 2 N–H and O–H groups in total. The van der Waals surface area contributed by atoms with Gasteiger partial charge in [-0.2, -0.15) is 0 Å². The highest BCUT2D eigenvalue weighted by atomic mass is 16.5. The number of guanidine groups is 1. The van der Waals surface area contributed by atoms with Gasteiger partial charge in [-0.15, -0.1) is 0 Å². The van der Waals surface area contributed by atoms with Crippen molar-refractivity contribution in [2.75, 3.05) is 50.8 Å². The number of amides is 1. The Kier molecular flexibility index (Phi) is 7.50. The molecule has 1 amide bonds. The average Bonchev–Trinajstić information content (AvgIpc) is 2.82. The Hall–Kier alpha value is -3.06. The molecule has 2 saturated heterocycles. The third kappa shape index (κ3) is 5.85. The maximum atomic E-state index is 11.7. The van der Waals surface area contributed by atoms with E-state index in [-0.39, 0.29) is 12.0 Å². The molecule has 1 unspecified atom stereocenters. The van der Waals surface area contributed by atoms with Gasteiger partial charge in [0.1, 0.15) is 6.10 Å². The van der Waals surface area contributed by atoms with Crippen LogP contribution in [0.1, 0.15) is 35.3 Å². The van der Waals surface area contributed by atoms with Crippen molar-refractivity contribution in [3.8, 4) is 0 Å². The van der Waals surface area contributed by atoms with Gasteiger partial charge in [-0.05, 0) is 49.6 Å². The first kappa shape index (κ1) is 23.1. The molecule has 2 fully saturated rings. The van der Waals surface area contributed by atoms with E-state index in [4.69, 9.17) is 9.73 Å². The Morgan fingerprint density at radius 2 is 2.00 bits per heavy atom. The molecule has 1 atom stereocenters. The van der Waals surface area contributed by atoms with Gasteiger partial charge in [0, 0.05) is 31.9 Å². The highest BCUT2D eigenvalue weighted by Gasteiger charge is 2.25. The lowest BCUT2D eigenvalue weighted by Gasteiger charge is -2.36. The number of rotatable bonds is 5. The van der Waals surface area contributed by atoms with Crippen molar-refractivity contribution >= 4 is 17.6 Å². The number of nitrogens with one attached hydrogen (secondary N) is 2. The lowest BCUT2D eigenvalue weighted by molar-refractivity contribution is -0.120. The number of carbonyl (C=O) groups excluding carboxylic acids is 1. The molecular weight excluding hydrogens is 414 g/mol. The molecule has 2 aliphatic heterocycles. The number of hydrogen-bond donors (Lipinski definition) is 2. The predicted octanol–water partition coefficient (Wildman–Crippen LogP) is 2.78. The zero-order valence-corrected chi connectivity index (χ0v) is 19.9. The number of piperazine rings is 1. The Bertz CT molecular complexity index is 989. The van der Waals surface area contributed by atoms with Gasteiger partial charge in [0.15, 0.2) is 5.96 Å². The number of carbonyl (C=O) groups is 1. The normalized spacial score (nSPS) is 19.4. The second kappa shape index (κ2) is 10.7. The number of hydrogen-bond acceptors (Lipinski definition) is 4. The molecule has 7 heteroatoms. The summed E-state index contributed by atoms with van der Waals surface area (Å²) in [6.45, 7) is 12.0. The van der Waals surface area contributed by atoms with Gasteiger partial charge in [-0.1, -0.05) is 35.9 Å². The molecule has 2 aromatic rings. The lowest BCUT2D eigenvalue weighted by atomic mass is 10.00. The summed E-state index contributed by atoms with van der Waals surface area (Å²) in [5.74, 6) is 1.00. The fourth-order valence-electron chi connectivity index (χ4n) is 4.48. The number of aliphatic imine (C=N–C) groups is 1. The van der Waals surface area contributed by atoms with Crippen molar-refractivity contribution < 1.29 is 9.53 Å². The minimum absolute atomic E-state index is 0.0456. The summed E-state index contributed by atoms with van der Waals surface area (Å²) >= 11 is 0. The zero-order valence-electron chi connectivity index (χ0n) is 19.9. The fourth-order valence-corrected chi connectivity index (χ4v) is 4.48. The molecule has 0 aromatic heterocycles. The minimum atomic E-state index is 0.0456. The van der Waals surface area contributed by atoms with Gasteiger partial charge < -0.3 is 25.2 Å². The lowest BCUT2D eigenvalue weighted by Crippen LogP contribution is -2.48. The predicted molar refractivity (Wildman–Crippen MR) is 133 cm³/mol. The summed E-state index contributed by atoms with van der Waals surface area (Å²) in [5.41, 5.74) is 6.02.